The molecule has 8 rings (SSSR count). The molecule has 0 aromatic heterocycles. The molecule has 0 aliphatic heterocycles. The van der Waals surface area contributed by atoms with Gasteiger partial charge in [-0.05, 0) is 115 Å². The van der Waals surface area contributed by atoms with Gasteiger partial charge in [0.05, 0.1) is 5.41 Å². The van der Waals surface area contributed by atoms with Crippen LogP contribution in [0.4, 0.5) is 0 Å². The van der Waals surface area contributed by atoms with Crippen molar-refractivity contribution >= 4 is 76.6 Å². The van der Waals surface area contributed by atoms with Crippen molar-refractivity contribution in [3.8, 4) is 0 Å². The molecule has 0 bridgehead atoms. The van der Waals surface area contributed by atoms with Gasteiger partial charge in [0, 0.05) is 5.57 Å². The molecular weight excluding hydrogens is 592 g/mol. The number of benzene rings is 8. The third kappa shape index (κ3) is 5.47. The van der Waals surface area contributed by atoms with Gasteiger partial charge < -0.3 is 9.47 Å². The molecule has 0 amide bonds. The van der Waals surface area contributed by atoms with Gasteiger partial charge in [-0.25, -0.2) is 4.79 Å². The Morgan fingerprint density at radius 3 is 1.42 bits per heavy atom. The van der Waals surface area contributed by atoms with E-state index in [9.17, 15) is 9.59 Å². The summed E-state index contributed by atoms with van der Waals surface area (Å²) in [5, 5.41) is 14.7. The van der Waals surface area contributed by atoms with E-state index in [1.807, 2.05) is 26.8 Å². The predicted molar refractivity (Wildman–Crippen MR) is 199 cm³/mol. The first kappa shape index (κ1) is 31.1. The molecule has 0 aliphatic rings. The van der Waals surface area contributed by atoms with Crippen molar-refractivity contribution in [1.82, 2.24) is 0 Å². The van der Waals surface area contributed by atoms with Gasteiger partial charge in [0.25, 0.3) is 0 Å². The van der Waals surface area contributed by atoms with Gasteiger partial charge >= 0.3 is 11.9 Å². The summed E-state index contributed by atoms with van der Waals surface area (Å²) >= 11 is 0. The van der Waals surface area contributed by atoms with Gasteiger partial charge in [0.2, 0.25) is 0 Å². The first-order valence-corrected chi connectivity index (χ1v) is 16.5. The fourth-order valence-electron chi connectivity index (χ4n) is 6.66. The van der Waals surface area contributed by atoms with Gasteiger partial charge in [0.1, 0.15) is 13.2 Å². The summed E-state index contributed by atoms with van der Waals surface area (Å²) in [6.07, 6.45) is 0.766. The SMILES string of the molecule is C=C(C)C(=O)OCc1cc2cccc3ccc4cccc1c4c32.CCC(C)(C)C(=O)OCc1cc2cccc3ccc4cccc1c4c32. The zero-order valence-corrected chi connectivity index (χ0v) is 27.9. The molecule has 4 heteroatoms. The second-order valence-electron chi connectivity index (χ2n) is 13.3. The Labute approximate surface area is 280 Å². The van der Waals surface area contributed by atoms with Crippen LogP contribution in [0.5, 0.6) is 0 Å². The quantitative estimate of drug-likeness (QED) is 0.0999. The fraction of sp³-hybridized carbons (Fsp3) is 0.182. The Bertz CT molecular complexity index is 2490. The Balaban J connectivity index is 0.000000152. The first-order valence-electron chi connectivity index (χ1n) is 16.5. The van der Waals surface area contributed by atoms with Gasteiger partial charge in [-0.2, -0.15) is 0 Å². The summed E-state index contributed by atoms with van der Waals surface area (Å²) < 4.78 is 11.1. The van der Waals surface area contributed by atoms with E-state index >= 15 is 0 Å². The van der Waals surface area contributed by atoms with Crippen LogP contribution in [0.3, 0.4) is 0 Å². The Hall–Kier alpha value is -5.48. The van der Waals surface area contributed by atoms with E-state index < -0.39 is 5.41 Å². The van der Waals surface area contributed by atoms with Crippen molar-refractivity contribution in [2.45, 2.75) is 47.3 Å². The van der Waals surface area contributed by atoms with Crippen molar-refractivity contribution in [2.75, 3.05) is 0 Å². The molecule has 0 saturated heterocycles. The van der Waals surface area contributed by atoms with Gasteiger partial charge in [-0.15, -0.1) is 0 Å². The van der Waals surface area contributed by atoms with Crippen LogP contribution in [0.15, 0.2) is 121 Å². The molecule has 4 nitrogen and oxygen atoms in total. The predicted octanol–water partition coefficient (Wildman–Crippen LogP) is 11.3. The van der Waals surface area contributed by atoms with E-state index in [1.165, 1.54) is 59.2 Å². The van der Waals surface area contributed by atoms with E-state index in [2.05, 4.69) is 110 Å². The van der Waals surface area contributed by atoms with Crippen molar-refractivity contribution in [3.63, 3.8) is 0 Å². The maximum atomic E-state index is 12.4. The largest absolute Gasteiger partial charge is 0.460 e. The summed E-state index contributed by atoms with van der Waals surface area (Å²) in [6, 6.07) is 38.2. The minimum absolute atomic E-state index is 0.139. The average molecular weight is 631 g/mol. The Morgan fingerprint density at radius 1 is 0.583 bits per heavy atom. The summed E-state index contributed by atoms with van der Waals surface area (Å²) in [5.74, 6) is -0.490. The molecule has 0 aliphatic carbocycles. The smallest absolute Gasteiger partial charge is 0.333 e. The van der Waals surface area contributed by atoms with Crippen LogP contribution in [-0.4, -0.2) is 11.9 Å². The molecule has 0 saturated carbocycles. The normalized spacial score (nSPS) is 11.8. The number of carbonyl (C=O) groups excluding carboxylic acids is 2. The number of esters is 2. The van der Waals surface area contributed by atoms with Crippen LogP contribution < -0.4 is 0 Å². The average Bonchev–Trinajstić information content (AvgIpc) is 3.11. The minimum atomic E-state index is -0.445. The number of carbonyl (C=O) groups is 2. The van der Waals surface area contributed by atoms with Gasteiger partial charge in [-0.3, -0.25) is 4.79 Å². The Kier molecular flexibility index (Phi) is 7.96. The van der Waals surface area contributed by atoms with Crippen LogP contribution in [0.25, 0.3) is 64.6 Å². The molecule has 48 heavy (non-hydrogen) atoms. The highest BCUT2D eigenvalue weighted by molar-refractivity contribution is 6.24. The second kappa shape index (κ2) is 12.3. The highest BCUT2D eigenvalue weighted by atomic mass is 16.5. The summed E-state index contributed by atoms with van der Waals surface area (Å²) in [6.45, 7) is 11.7. The lowest BCUT2D eigenvalue weighted by atomic mass is 9.90. The fourth-order valence-corrected chi connectivity index (χ4v) is 6.66. The van der Waals surface area contributed by atoms with E-state index in [4.69, 9.17) is 9.47 Å². The molecule has 0 atom stereocenters. The summed E-state index contributed by atoms with van der Waals surface area (Å²) in [7, 11) is 0. The molecule has 0 spiro atoms. The zero-order chi connectivity index (χ0) is 33.6. The monoisotopic (exact) mass is 630 g/mol. The van der Waals surface area contributed by atoms with E-state index in [1.54, 1.807) is 6.92 Å². The lowest BCUT2D eigenvalue weighted by Gasteiger charge is -2.21. The Morgan fingerprint density at radius 2 is 0.979 bits per heavy atom. The molecule has 0 radical (unpaired) electrons. The van der Waals surface area contributed by atoms with Crippen molar-refractivity contribution < 1.29 is 19.1 Å². The lowest BCUT2D eigenvalue weighted by molar-refractivity contribution is -0.155. The van der Waals surface area contributed by atoms with Crippen LogP contribution in [-0.2, 0) is 32.3 Å². The van der Waals surface area contributed by atoms with Gasteiger partial charge in [-0.1, -0.05) is 111 Å². The maximum Gasteiger partial charge on any atom is 0.333 e. The van der Waals surface area contributed by atoms with Crippen molar-refractivity contribution in [1.29, 1.82) is 0 Å². The third-order valence-electron chi connectivity index (χ3n) is 9.69. The molecule has 0 N–H and O–H groups in total. The number of hydrogen-bond acceptors (Lipinski definition) is 4. The third-order valence-corrected chi connectivity index (χ3v) is 9.69. The minimum Gasteiger partial charge on any atom is -0.460 e. The van der Waals surface area contributed by atoms with Crippen molar-refractivity contribution in [3.05, 3.63) is 132 Å². The van der Waals surface area contributed by atoms with Crippen LogP contribution in [0, 0.1) is 5.41 Å². The standard InChI is InChI=1S/C23H22O2.C21H16O2/c1-4-23(2,3)22(24)25-14-18-13-17-9-5-7-15-11-12-16-8-6-10-19(18)21(16)20(15)17;1-13(2)21(22)23-12-17-11-16-7-3-5-14-9-10-15-6-4-8-18(17)20(15)19(14)16/h5-13H,4,14H2,1-3H3;3-11H,1,12H2,2H3. The van der Waals surface area contributed by atoms with Crippen LogP contribution in [0.2, 0.25) is 0 Å². The topological polar surface area (TPSA) is 52.6 Å². The first-order chi connectivity index (χ1) is 23.2. The molecule has 0 fully saturated rings. The number of rotatable bonds is 7. The molecular formula is C44H38O4. The molecule has 8 aromatic rings. The summed E-state index contributed by atoms with van der Waals surface area (Å²) in [4.78, 5) is 24.1. The molecule has 0 unspecified atom stereocenters. The van der Waals surface area contributed by atoms with E-state index in [0.717, 1.165) is 22.9 Å². The van der Waals surface area contributed by atoms with E-state index in [0.29, 0.717) is 12.2 Å². The molecule has 0 heterocycles. The number of hydrogen-bond donors (Lipinski definition) is 0. The summed E-state index contributed by atoms with van der Waals surface area (Å²) in [5.41, 5.74) is 2.06. The molecule has 238 valence electrons. The number of ether oxygens (including phenoxy) is 2. The lowest BCUT2D eigenvalue weighted by Crippen LogP contribution is -2.25. The van der Waals surface area contributed by atoms with Crippen LogP contribution >= 0.6 is 0 Å². The van der Waals surface area contributed by atoms with E-state index in [-0.39, 0.29) is 18.5 Å². The highest BCUT2D eigenvalue weighted by Crippen LogP contribution is 2.38. The van der Waals surface area contributed by atoms with Gasteiger partial charge in [0.15, 0.2) is 0 Å². The second-order valence-corrected chi connectivity index (χ2v) is 13.3. The highest BCUT2D eigenvalue weighted by Gasteiger charge is 2.27. The maximum absolute atomic E-state index is 12.4. The van der Waals surface area contributed by atoms with Crippen molar-refractivity contribution in [2.24, 2.45) is 5.41 Å². The molecule has 8 aromatic carbocycles. The zero-order valence-electron chi connectivity index (χ0n) is 27.9. The van der Waals surface area contributed by atoms with Crippen LogP contribution in [0.1, 0.15) is 45.2 Å².